The van der Waals surface area contributed by atoms with E-state index in [2.05, 4.69) is 0 Å². The summed E-state index contributed by atoms with van der Waals surface area (Å²) in [5, 5.41) is 0. The van der Waals surface area contributed by atoms with Crippen LogP contribution in [0, 0.1) is 11.6 Å². The lowest BCUT2D eigenvalue weighted by molar-refractivity contribution is 0.298. The average Bonchev–Trinajstić information content (AvgIpc) is 2.36. The van der Waals surface area contributed by atoms with Gasteiger partial charge in [0.15, 0.2) is 0 Å². The van der Waals surface area contributed by atoms with Crippen molar-refractivity contribution in [2.75, 3.05) is 0 Å². The molecule has 0 atom stereocenters. The van der Waals surface area contributed by atoms with Gasteiger partial charge < -0.3 is 4.74 Å². The van der Waals surface area contributed by atoms with Gasteiger partial charge >= 0.3 is 0 Å². The summed E-state index contributed by atoms with van der Waals surface area (Å²) in [7, 11) is 0.909. The lowest BCUT2D eigenvalue weighted by Crippen LogP contribution is -2.00. The molecule has 2 aromatic rings. The lowest BCUT2D eigenvalue weighted by atomic mass is 10.2. The van der Waals surface area contributed by atoms with Crippen LogP contribution in [0.3, 0.4) is 0 Å². The molecule has 0 radical (unpaired) electrons. The molecule has 0 aliphatic carbocycles. The number of benzene rings is 2. The van der Waals surface area contributed by atoms with Crippen LogP contribution in [0.25, 0.3) is 0 Å². The highest BCUT2D eigenvalue weighted by Gasteiger charge is 2.16. The Hall–Kier alpha value is -1.66. The number of ether oxygens (including phenoxy) is 1. The van der Waals surface area contributed by atoms with Gasteiger partial charge in [0.25, 0.3) is 9.05 Å². The summed E-state index contributed by atoms with van der Waals surface area (Å²) in [5.41, 5.74) is 0.307. The first-order chi connectivity index (χ1) is 9.38. The minimum absolute atomic E-state index is 0.0785. The van der Waals surface area contributed by atoms with Gasteiger partial charge in [-0.05, 0) is 18.2 Å². The number of rotatable bonds is 4. The SMILES string of the molecule is O=S(=O)(Cl)c1ccc(OCc2ccccc2F)cc1F. The molecule has 0 aliphatic rings. The lowest BCUT2D eigenvalue weighted by Gasteiger charge is -2.08. The van der Waals surface area contributed by atoms with Crippen LogP contribution in [0.2, 0.25) is 0 Å². The molecule has 20 heavy (non-hydrogen) atoms. The minimum Gasteiger partial charge on any atom is -0.489 e. The first-order valence-electron chi connectivity index (χ1n) is 5.48. The van der Waals surface area contributed by atoms with Crippen molar-refractivity contribution in [3.05, 3.63) is 59.7 Å². The Bertz CT molecular complexity index is 732. The molecule has 0 aliphatic heterocycles. The van der Waals surface area contributed by atoms with E-state index >= 15 is 0 Å². The topological polar surface area (TPSA) is 43.4 Å². The van der Waals surface area contributed by atoms with Gasteiger partial charge in [-0.15, -0.1) is 0 Å². The maximum Gasteiger partial charge on any atom is 0.264 e. The Balaban J connectivity index is 2.16. The van der Waals surface area contributed by atoms with Crippen LogP contribution >= 0.6 is 10.7 Å². The predicted octanol–water partition coefficient (Wildman–Crippen LogP) is 3.47. The zero-order chi connectivity index (χ0) is 14.8. The third kappa shape index (κ3) is 3.46. The van der Waals surface area contributed by atoms with Crippen LogP contribution in [0.15, 0.2) is 47.4 Å². The largest absolute Gasteiger partial charge is 0.489 e. The second kappa shape index (κ2) is 5.76. The van der Waals surface area contributed by atoms with Crippen molar-refractivity contribution < 1.29 is 21.9 Å². The van der Waals surface area contributed by atoms with Crippen molar-refractivity contribution in [3.8, 4) is 5.75 Å². The van der Waals surface area contributed by atoms with E-state index in [9.17, 15) is 17.2 Å². The minimum atomic E-state index is -4.14. The van der Waals surface area contributed by atoms with Crippen LogP contribution in [-0.2, 0) is 15.7 Å². The maximum absolute atomic E-state index is 13.5. The standard InChI is InChI=1S/C13H9ClF2O3S/c14-20(17,18)13-6-5-10(7-12(13)16)19-8-9-3-1-2-4-11(9)15/h1-7H,8H2. The fraction of sp³-hybridized carbons (Fsp3) is 0.0769. The molecule has 2 aromatic carbocycles. The van der Waals surface area contributed by atoms with Gasteiger partial charge in [-0.2, -0.15) is 0 Å². The summed E-state index contributed by atoms with van der Waals surface area (Å²) in [5.74, 6) is -1.38. The molecule has 0 unspecified atom stereocenters. The van der Waals surface area contributed by atoms with Gasteiger partial charge in [0.2, 0.25) is 0 Å². The van der Waals surface area contributed by atoms with E-state index in [4.69, 9.17) is 15.4 Å². The molecule has 0 bridgehead atoms. The van der Waals surface area contributed by atoms with Crippen LogP contribution < -0.4 is 4.74 Å². The van der Waals surface area contributed by atoms with E-state index in [-0.39, 0.29) is 12.4 Å². The molecular weight excluding hydrogens is 310 g/mol. The van der Waals surface area contributed by atoms with Gasteiger partial charge in [-0.1, -0.05) is 18.2 Å². The summed E-state index contributed by atoms with van der Waals surface area (Å²) in [4.78, 5) is -0.627. The van der Waals surface area contributed by atoms with Crippen molar-refractivity contribution in [1.82, 2.24) is 0 Å². The highest BCUT2D eigenvalue weighted by atomic mass is 35.7. The van der Waals surface area contributed by atoms with Gasteiger partial charge in [0.05, 0.1) is 0 Å². The van der Waals surface area contributed by atoms with Crippen LogP contribution in [0.5, 0.6) is 5.75 Å². The molecule has 0 saturated carbocycles. The Morgan fingerprint density at radius 1 is 1.05 bits per heavy atom. The zero-order valence-electron chi connectivity index (χ0n) is 10.0. The summed E-state index contributed by atoms with van der Waals surface area (Å²) >= 11 is 0. The van der Waals surface area contributed by atoms with E-state index in [1.807, 2.05) is 0 Å². The van der Waals surface area contributed by atoms with Crippen molar-refractivity contribution in [2.24, 2.45) is 0 Å². The first-order valence-corrected chi connectivity index (χ1v) is 7.79. The first kappa shape index (κ1) is 14.7. The maximum atomic E-state index is 13.5. The summed E-state index contributed by atoms with van der Waals surface area (Å²) in [6.07, 6.45) is 0. The van der Waals surface area contributed by atoms with E-state index in [1.165, 1.54) is 18.2 Å². The number of hydrogen-bond acceptors (Lipinski definition) is 3. The smallest absolute Gasteiger partial charge is 0.264 e. The molecular formula is C13H9ClF2O3S. The van der Waals surface area contributed by atoms with Crippen molar-refractivity contribution in [3.63, 3.8) is 0 Å². The Labute approximate surface area is 119 Å². The van der Waals surface area contributed by atoms with Gasteiger partial charge in [-0.3, -0.25) is 0 Å². The van der Waals surface area contributed by atoms with E-state index in [1.54, 1.807) is 12.1 Å². The fourth-order valence-electron chi connectivity index (χ4n) is 1.55. The molecule has 106 valence electrons. The van der Waals surface area contributed by atoms with Crippen molar-refractivity contribution in [1.29, 1.82) is 0 Å². The normalized spacial score (nSPS) is 11.3. The molecule has 0 spiro atoms. The van der Waals surface area contributed by atoms with E-state index < -0.39 is 25.6 Å². The van der Waals surface area contributed by atoms with Crippen molar-refractivity contribution in [2.45, 2.75) is 11.5 Å². The van der Waals surface area contributed by atoms with E-state index in [0.717, 1.165) is 12.1 Å². The highest BCUT2D eigenvalue weighted by Crippen LogP contribution is 2.24. The molecule has 3 nitrogen and oxygen atoms in total. The molecule has 0 fully saturated rings. The molecule has 0 aromatic heterocycles. The Kier molecular flexibility index (Phi) is 4.25. The van der Waals surface area contributed by atoms with E-state index in [0.29, 0.717) is 5.56 Å². The third-order valence-electron chi connectivity index (χ3n) is 2.52. The predicted molar refractivity (Wildman–Crippen MR) is 70.2 cm³/mol. The fourth-order valence-corrected chi connectivity index (χ4v) is 2.44. The molecule has 2 rings (SSSR count). The van der Waals surface area contributed by atoms with Crippen molar-refractivity contribution >= 4 is 19.7 Å². The summed E-state index contributed by atoms with van der Waals surface area (Å²) < 4.78 is 54.1. The second-order valence-electron chi connectivity index (χ2n) is 3.91. The summed E-state index contributed by atoms with van der Waals surface area (Å²) in [6, 6.07) is 9.12. The molecule has 0 saturated heterocycles. The van der Waals surface area contributed by atoms with Crippen LogP contribution in [0.4, 0.5) is 8.78 Å². The van der Waals surface area contributed by atoms with Gasteiger partial charge in [0.1, 0.15) is 28.9 Å². The molecule has 0 heterocycles. The molecule has 0 N–H and O–H groups in total. The van der Waals surface area contributed by atoms with Gasteiger partial charge in [0, 0.05) is 22.3 Å². The number of halogens is 3. The third-order valence-corrected chi connectivity index (χ3v) is 3.87. The molecule has 7 heteroatoms. The average molecular weight is 319 g/mol. The van der Waals surface area contributed by atoms with Gasteiger partial charge in [-0.25, -0.2) is 17.2 Å². The monoisotopic (exact) mass is 318 g/mol. The number of hydrogen-bond donors (Lipinski definition) is 0. The van der Waals surface area contributed by atoms with Crippen LogP contribution in [0.1, 0.15) is 5.56 Å². The summed E-state index contributed by atoms with van der Waals surface area (Å²) in [6.45, 7) is -0.0981. The Morgan fingerprint density at radius 2 is 1.75 bits per heavy atom. The zero-order valence-corrected chi connectivity index (χ0v) is 11.6. The molecule has 0 amide bonds. The van der Waals surface area contributed by atoms with Crippen LogP contribution in [-0.4, -0.2) is 8.42 Å². The highest BCUT2D eigenvalue weighted by molar-refractivity contribution is 8.13. The Morgan fingerprint density at radius 3 is 2.35 bits per heavy atom. The second-order valence-corrected chi connectivity index (χ2v) is 6.44. The quantitative estimate of drug-likeness (QED) is 0.811.